The third-order valence-corrected chi connectivity index (χ3v) is 6.46. The van der Waals surface area contributed by atoms with Crippen molar-refractivity contribution in [1.29, 1.82) is 0 Å². The average molecular weight is 346 g/mol. The molecule has 1 amide bonds. The fourth-order valence-corrected chi connectivity index (χ4v) is 4.93. The lowest BCUT2D eigenvalue weighted by atomic mass is 10.2. The molecule has 124 valence electrons. The molecule has 9 heteroatoms. The lowest BCUT2D eigenvalue weighted by molar-refractivity contribution is -0.130. The van der Waals surface area contributed by atoms with Crippen molar-refractivity contribution < 1.29 is 13.2 Å². The van der Waals surface area contributed by atoms with E-state index in [0.717, 1.165) is 5.82 Å². The quantitative estimate of drug-likeness (QED) is 0.801. The van der Waals surface area contributed by atoms with E-state index in [9.17, 15) is 13.2 Å². The summed E-state index contributed by atoms with van der Waals surface area (Å²) in [5, 5.41) is 7.14. The fraction of sp³-hybridized carbons (Fsp3) is 0.769. The summed E-state index contributed by atoms with van der Waals surface area (Å²) < 4.78 is 23.1. The molecule has 1 fully saturated rings. The third-order valence-electron chi connectivity index (χ3n) is 3.76. The van der Waals surface area contributed by atoms with Gasteiger partial charge in [-0.25, -0.2) is 13.4 Å². The Morgan fingerprint density at radius 1 is 1.41 bits per heavy atom. The van der Waals surface area contributed by atoms with E-state index in [1.165, 1.54) is 11.8 Å². The summed E-state index contributed by atoms with van der Waals surface area (Å²) in [4.78, 5) is 18.3. The molecule has 0 spiro atoms. The summed E-state index contributed by atoms with van der Waals surface area (Å²) >= 11 is 1.28. The van der Waals surface area contributed by atoms with Gasteiger partial charge in [-0.2, -0.15) is 0 Å². The normalized spacial score (nSPS) is 22.0. The lowest BCUT2D eigenvalue weighted by Crippen LogP contribution is -2.41. The molecule has 0 radical (unpaired) electrons. The monoisotopic (exact) mass is 346 g/mol. The SMILES string of the molecule is CC(C)c1nc(S[C@H](C)C(=O)N(C)[C@@H]2CCS(=O)(=O)C2)n[nH]1. The highest BCUT2D eigenvalue weighted by molar-refractivity contribution is 8.00. The highest BCUT2D eigenvalue weighted by atomic mass is 32.2. The van der Waals surface area contributed by atoms with E-state index >= 15 is 0 Å². The number of rotatable bonds is 5. The molecule has 0 bridgehead atoms. The number of carbonyl (C=O) groups excluding carboxylic acids is 1. The second-order valence-electron chi connectivity index (χ2n) is 5.92. The molecule has 0 aliphatic carbocycles. The van der Waals surface area contributed by atoms with Gasteiger partial charge in [-0.05, 0) is 13.3 Å². The number of carbonyl (C=O) groups is 1. The van der Waals surface area contributed by atoms with Crippen LogP contribution in [0.15, 0.2) is 5.16 Å². The minimum absolute atomic E-state index is 0.0603. The van der Waals surface area contributed by atoms with Crippen LogP contribution in [0.25, 0.3) is 0 Å². The largest absolute Gasteiger partial charge is 0.341 e. The Balaban J connectivity index is 1.96. The van der Waals surface area contributed by atoms with Gasteiger partial charge in [-0.1, -0.05) is 25.6 Å². The number of sulfone groups is 1. The van der Waals surface area contributed by atoms with Gasteiger partial charge >= 0.3 is 0 Å². The third kappa shape index (κ3) is 4.01. The number of amides is 1. The van der Waals surface area contributed by atoms with Crippen LogP contribution in [0.1, 0.15) is 38.9 Å². The van der Waals surface area contributed by atoms with Crippen molar-refractivity contribution in [3.8, 4) is 0 Å². The van der Waals surface area contributed by atoms with Crippen molar-refractivity contribution in [2.24, 2.45) is 0 Å². The minimum atomic E-state index is -3.00. The summed E-state index contributed by atoms with van der Waals surface area (Å²) in [6.07, 6.45) is 0.514. The van der Waals surface area contributed by atoms with Crippen molar-refractivity contribution >= 4 is 27.5 Å². The van der Waals surface area contributed by atoms with Crippen LogP contribution in [0.4, 0.5) is 0 Å². The topological polar surface area (TPSA) is 96.0 Å². The van der Waals surface area contributed by atoms with Crippen molar-refractivity contribution in [1.82, 2.24) is 20.1 Å². The highest BCUT2D eigenvalue weighted by Gasteiger charge is 2.34. The molecule has 1 aromatic heterocycles. The second-order valence-corrected chi connectivity index (χ2v) is 9.46. The molecule has 1 saturated heterocycles. The van der Waals surface area contributed by atoms with Crippen molar-refractivity contribution in [3.63, 3.8) is 0 Å². The van der Waals surface area contributed by atoms with E-state index in [-0.39, 0.29) is 34.6 Å². The van der Waals surface area contributed by atoms with Gasteiger partial charge in [0, 0.05) is 19.0 Å². The maximum atomic E-state index is 12.4. The summed E-state index contributed by atoms with van der Waals surface area (Å²) in [5.74, 6) is 1.17. The molecule has 1 aliphatic heterocycles. The molecule has 0 aromatic carbocycles. The zero-order valence-electron chi connectivity index (χ0n) is 13.2. The van der Waals surface area contributed by atoms with Crippen LogP contribution < -0.4 is 0 Å². The minimum Gasteiger partial charge on any atom is -0.341 e. The molecule has 0 saturated carbocycles. The molecule has 1 N–H and O–H groups in total. The van der Waals surface area contributed by atoms with Crippen molar-refractivity contribution in [3.05, 3.63) is 5.82 Å². The first-order valence-corrected chi connectivity index (χ1v) is 9.95. The van der Waals surface area contributed by atoms with Crippen LogP contribution in [0.5, 0.6) is 0 Å². The standard InChI is InChI=1S/C13H22N4O3S2/c1-8(2)11-14-13(16-15-11)21-9(3)12(18)17(4)10-5-6-22(19,20)7-10/h8-10H,5-7H2,1-4H3,(H,14,15,16)/t9-,10-/m1/s1. The predicted octanol–water partition coefficient (Wildman–Crippen LogP) is 1.05. The predicted molar refractivity (Wildman–Crippen MR) is 85.6 cm³/mol. The summed E-state index contributed by atoms with van der Waals surface area (Å²) in [7, 11) is -1.33. The smallest absolute Gasteiger partial charge is 0.235 e. The maximum absolute atomic E-state index is 12.4. The van der Waals surface area contributed by atoms with Gasteiger partial charge in [-0.3, -0.25) is 9.89 Å². The Labute approximate surface area is 135 Å². The first-order chi connectivity index (χ1) is 10.2. The van der Waals surface area contributed by atoms with Gasteiger partial charge in [0.05, 0.1) is 16.8 Å². The van der Waals surface area contributed by atoms with Crippen molar-refractivity contribution in [2.45, 2.75) is 49.6 Å². The molecule has 1 aliphatic rings. The van der Waals surface area contributed by atoms with Crippen LogP contribution in [-0.4, -0.2) is 64.3 Å². The van der Waals surface area contributed by atoms with E-state index in [1.54, 1.807) is 18.9 Å². The summed E-state index contributed by atoms with van der Waals surface area (Å²) in [5.41, 5.74) is 0. The number of hydrogen-bond acceptors (Lipinski definition) is 6. The Hall–Kier alpha value is -1.09. The molecule has 2 atom stereocenters. The Morgan fingerprint density at radius 3 is 2.59 bits per heavy atom. The summed E-state index contributed by atoms with van der Waals surface area (Å²) in [6, 6.07) is -0.223. The second kappa shape index (κ2) is 6.57. The molecule has 2 rings (SSSR count). The van der Waals surface area contributed by atoms with E-state index < -0.39 is 9.84 Å². The van der Waals surface area contributed by atoms with E-state index in [0.29, 0.717) is 11.6 Å². The molecule has 7 nitrogen and oxygen atoms in total. The number of aromatic nitrogens is 3. The zero-order chi connectivity index (χ0) is 16.5. The van der Waals surface area contributed by atoms with Crippen molar-refractivity contribution in [2.75, 3.05) is 18.6 Å². The molecular weight excluding hydrogens is 324 g/mol. The molecular formula is C13H22N4O3S2. The number of hydrogen-bond donors (Lipinski definition) is 1. The molecule has 0 unspecified atom stereocenters. The van der Waals surface area contributed by atoms with E-state index in [4.69, 9.17) is 0 Å². The van der Waals surface area contributed by atoms with Crippen LogP contribution >= 0.6 is 11.8 Å². The van der Waals surface area contributed by atoms with E-state index in [1.807, 2.05) is 13.8 Å². The Bertz CT molecular complexity index is 641. The molecule has 1 aromatic rings. The van der Waals surface area contributed by atoms with Gasteiger partial charge in [-0.15, -0.1) is 5.10 Å². The lowest BCUT2D eigenvalue weighted by Gasteiger charge is -2.25. The summed E-state index contributed by atoms with van der Waals surface area (Å²) in [6.45, 7) is 5.81. The molecule has 22 heavy (non-hydrogen) atoms. The number of H-pyrrole nitrogens is 1. The number of thioether (sulfide) groups is 1. The number of nitrogens with zero attached hydrogens (tertiary/aromatic N) is 3. The fourth-order valence-electron chi connectivity index (χ4n) is 2.33. The van der Waals surface area contributed by atoms with Gasteiger partial charge < -0.3 is 4.90 Å². The van der Waals surface area contributed by atoms with Crippen LogP contribution in [0.3, 0.4) is 0 Å². The zero-order valence-corrected chi connectivity index (χ0v) is 14.9. The highest BCUT2D eigenvalue weighted by Crippen LogP contribution is 2.24. The van der Waals surface area contributed by atoms with Gasteiger partial charge in [0.1, 0.15) is 5.82 Å². The van der Waals surface area contributed by atoms with Gasteiger partial charge in [0.15, 0.2) is 9.84 Å². The average Bonchev–Trinajstić information content (AvgIpc) is 3.03. The first-order valence-electron chi connectivity index (χ1n) is 7.25. The van der Waals surface area contributed by atoms with Crippen LogP contribution in [-0.2, 0) is 14.6 Å². The Kier molecular flexibility index (Phi) is 5.16. The van der Waals surface area contributed by atoms with Crippen LogP contribution in [0.2, 0.25) is 0 Å². The number of nitrogens with one attached hydrogen (secondary N) is 1. The molecule has 2 heterocycles. The van der Waals surface area contributed by atoms with Gasteiger partial charge in [0.2, 0.25) is 11.1 Å². The maximum Gasteiger partial charge on any atom is 0.235 e. The van der Waals surface area contributed by atoms with Crippen LogP contribution in [0, 0.1) is 0 Å². The first kappa shape index (κ1) is 17.3. The number of aromatic amines is 1. The Morgan fingerprint density at radius 2 is 2.09 bits per heavy atom. The van der Waals surface area contributed by atoms with Gasteiger partial charge in [0.25, 0.3) is 0 Å². The van der Waals surface area contributed by atoms with E-state index in [2.05, 4.69) is 15.2 Å².